The van der Waals surface area contributed by atoms with E-state index in [0.717, 1.165) is 0 Å². The number of carbonyl (C=O) groups excluding carboxylic acids is 1. The first-order valence-electron chi connectivity index (χ1n) is 6.22. The molecule has 0 radical (unpaired) electrons. The zero-order chi connectivity index (χ0) is 15.4. The molecule has 1 N–H and O–H groups in total. The highest BCUT2D eigenvalue weighted by Crippen LogP contribution is 2.33. The zero-order valence-corrected chi connectivity index (χ0v) is 12.9. The number of carbonyl (C=O) groups is 2. The molecule has 110 valence electrons. The van der Waals surface area contributed by atoms with E-state index in [2.05, 4.69) is 0 Å². The van der Waals surface area contributed by atoms with Crippen LogP contribution in [0, 0.1) is 0 Å². The van der Waals surface area contributed by atoms with Crippen molar-refractivity contribution < 1.29 is 19.4 Å². The molecule has 0 spiro atoms. The fraction of sp³-hybridized carbons (Fsp3) is 0.214. The van der Waals surface area contributed by atoms with E-state index < -0.39 is 12.6 Å². The third-order valence-electron chi connectivity index (χ3n) is 2.75. The van der Waals surface area contributed by atoms with E-state index in [-0.39, 0.29) is 5.91 Å². The van der Waals surface area contributed by atoms with Crippen molar-refractivity contribution >= 4 is 46.3 Å². The Morgan fingerprint density at radius 3 is 2.81 bits per heavy atom. The van der Waals surface area contributed by atoms with Crippen molar-refractivity contribution in [1.82, 2.24) is 4.90 Å². The highest BCUT2D eigenvalue weighted by molar-refractivity contribution is 8.26. The van der Waals surface area contributed by atoms with Crippen molar-refractivity contribution in [3.63, 3.8) is 0 Å². The number of hydrogen-bond donors (Lipinski definition) is 1. The Balaban J connectivity index is 2.27. The molecular formula is C14H13NO4S2. The van der Waals surface area contributed by atoms with Crippen molar-refractivity contribution in [2.45, 2.75) is 6.92 Å². The Morgan fingerprint density at radius 1 is 1.48 bits per heavy atom. The van der Waals surface area contributed by atoms with Gasteiger partial charge in [-0.05, 0) is 19.1 Å². The van der Waals surface area contributed by atoms with E-state index in [1.54, 1.807) is 30.3 Å². The van der Waals surface area contributed by atoms with Gasteiger partial charge >= 0.3 is 5.97 Å². The van der Waals surface area contributed by atoms with Gasteiger partial charge in [-0.1, -0.05) is 42.2 Å². The van der Waals surface area contributed by atoms with Crippen molar-refractivity contribution in [2.24, 2.45) is 0 Å². The monoisotopic (exact) mass is 323 g/mol. The molecule has 1 heterocycles. The van der Waals surface area contributed by atoms with Crippen LogP contribution in [0.25, 0.3) is 6.08 Å². The van der Waals surface area contributed by atoms with Gasteiger partial charge in [-0.2, -0.15) is 0 Å². The molecule has 1 aromatic carbocycles. The van der Waals surface area contributed by atoms with Crippen molar-refractivity contribution in [2.75, 3.05) is 13.2 Å². The summed E-state index contributed by atoms with van der Waals surface area (Å²) in [4.78, 5) is 24.8. The van der Waals surface area contributed by atoms with E-state index in [9.17, 15) is 9.59 Å². The summed E-state index contributed by atoms with van der Waals surface area (Å²) in [7, 11) is 0. The van der Waals surface area contributed by atoms with Gasteiger partial charge in [0.25, 0.3) is 5.91 Å². The SMILES string of the molecule is CCN1C(=O)/C(=C\c2ccccc2OCC(=O)O)SC1=S. The molecule has 0 aromatic heterocycles. The predicted molar refractivity (Wildman–Crippen MR) is 85.1 cm³/mol. The second kappa shape index (κ2) is 6.73. The molecule has 2 rings (SSSR count). The van der Waals surface area contributed by atoms with E-state index in [0.29, 0.717) is 27.1 Å². The van der Waals surface area contributed by atoms with Crippen molar-refractivity contribution in [3.05, 3.63) is 34.7 Å². The Labute approximate surface area is 131 Å². The maximum atomic E-state index is 12.1. The quantitative estimate of drug-likeness (QED) is 0.663. The summed E-state index contributed by atoms with van der Waals surface area (Å²) in [6, 6.07) is 6.96. The Bertz CT molecular complexity index is 627. The molecule has 1 fully saturated rings. The standard InChI is InChI=1S/C14H13NO4S2/c1-2-15-13(18)11(21-14(15)20)7-9-5-3-4-6-10(9)19-8-12(16)17/h3-7H,2,8H2,1H3,(H,16,17)/b11-7+. The van der Waals surface area contributed by atoms with Crippen LogP contribution < -0.4 is 4.74 Å². The summed E-state index contributed by atoms with van der Waals surface area (Å²) >= 11 is 6.38. The van der Waals surface area contributed by atoms with E-state index in [1.807, 2.05) is 6.92 Å². The number of rotatable bonds is 5. The molecule has 0 saturated carbocycles. The molecule has 0 atom stereocenters. The number of amides is 1. The van der Waals surface area contributed by atoms with Gasteiger partial charge in [0.2, 0.25) is 0 Å². The molecule has 0 bridgehead atoms. The van der Waals surface area contributed by atoms with Gasteiger partial charge < -0.3 is 9.84 Å². The first kappa shape index (κ1) is 15.5. The first-order chi connectivity index (χ1) is 10.0. The maximum absolute atomic E-state index is 12.1. The van der Waals surface area contributed by atoms with Crippen molar-refractivity contribution in [1.29, 1.82) is 0 Å². The molecule has 5 nitrogen and oxygen atoms in total. The molecular weight excluding hydrogens is 310 g/mol. The van der Waals surface area contributed by atoms with E-state index >= 15 is 0 Å². The minimum Gasteiger partial charge on any atom is -0.481 e. The summed E-state index contributed by atoms with van der Waals surface area (Å²) in [6.07, 6.45) is 1.67. The number of likely N-dealkylation sites (N-methyl/N-ethyl adjacent to an activating group) is 1. The lowest BCUT2D eigenvalue weighted by Gasteiger charge is -2.10. The molecule has 0 aliphatic carbocycles. The molecule has 0 unspecified atom stereocenters. The normalized spacial score (nSPS) is 16.6. The minimum atomic E-state index is -1.05. The third kappa shape index (κ3) is 3.62. The number of para-hydroxylation sites is 1. The molecule has 1 aromatic rings. The maximum Gasteiger partial charge on any atom is 0.341 e. The molecule has 7 heteroatoms. The average molecular weight is 323 g/mol. The molecule has 1 aliphatic rings. The summed E-state index contributed by atoms with van der Waals surface area (Å²) in [5.41, 5.74) is 0.648. The second-order valence-electron chi connectivity index (χ2n) is 4.15. The molecule has 1 saturated heterocycles. The van der Waals surface area contributed by atoms with E-state index in [4.69, 9.17) is 22.1 Å². The molecule has 1 aliphatic heterocycles. The van der Waals surface area contributed by atoms with Gasteiger partial charge in [-0.15, -0.1) is 0 Å². The average Bonchev–Trinajstić information content (AvgIpc) is 2.72. The van der Waals surface area contributed by atoms with Crippen LogP contribution in [0.5, 0.6) is 5.75 Å². The van der Waals surface area contributed by atoms with Gasteiger partial charge in [-0.3, -0.25) is 9.69 Å². The fourth-order valence-corrected chi connectivity index (χ4v) is 3.16. The van der Waals surface area contributed by atoms with Gasteiger partial charge in [0, 0.05) is 12.1 Å². The lowest BCUT2D eigenvalue weighted by molar-refractivity contribution is -0.139. The number of thiocarbonyl (C=S) groups is 1. The van der Waals surface area contributed by atoms with Gasteiger partial charge in [-0.25, -0.2) is 4.79 Å². The zero-order valence-electron chi connectivity index (χ0n) is 11.2. The van der Waals surface area contributed by atoms with Crippen LogP contribution in [-0.2, 0) is 9.59 Å². The van der Waals surface area contributed by atoms with Gasteiger partial charge in [0.15, 0.2) is 6.61 Å². The number of thioether (sulfide) groups is 1. The largest absolute Gasteiger partial charge is 0.481 e. The minimum absolute atomic E-state index is 0.138. The third-order valence-corrected chi connectivity index (χ3v) is 4.12. The van der Waals surface area contributed by atoms with Crippen LogP contribution >= 0.6 is 24.0 Å². The van der Waals surface area contributed by atoms with E-state index in [1.165, 1.54) is 16.7 Å². The number of aliphatic carboxylic acids is 1. The molecule has 21 heavy (non-hydrogen) atoms. The Morgan fingerprint density at radius 2 is 2.19 bits per heavy atom. The first-order valence-corrected chi connectivity index (χ1v) is 7.44. The Kier molecular flexibility index (Phi) is 4.98. The van der Waals surface area contributed by atoms with Gasteiger partial charge in [0.05, 0.1) is 4.91 Å². The summed E-state index contributed by atoms with van der Waals surface area (Å²) in [5.74, 6) is -0.774. The second-order valence-corrected chi connectivity index (χ2v) is 5.82. The van der Waals surface area contributed by atoms with Crippen LogP contribution in [0.1, 0.15) is 12.5 Å². The van der Waals surface area contributed by atoms with Crippen LogP contribution in [-0.4, -0.2) is 39.4 Å². The van der Waals surface area contributed by atoms with Crippen LogP contribution in [0.4, 0.5) is 0 Å². The predicted octanol–water partition coefficient (Wildman–Crippen LogP) is 2.37. The van der Waals surface area contributed by atoms with Crippen LogP contribution in [0.3, 0.4) is 0 Å². The highest BCUT2D eigenvalue weighted by Gasteiger charge is 2.30. The molecule has 1 amide bonds. The van der Waals surface area contributed by atoms with Crippen molar-refractivity contribution in [3.8, 4) is 5.75 Å². The summed E-state index contributed by atoms with van der Waals surface area (Å²) in [6.45, 7) is 1.96. The lowest BCUT2D eigenvalue weighted by Crippen LogP contribution is -2.27. The Hall–Kier alpha value is -1.86. The van der Waals surface area contributed by atoms with Gasteiger partial charge in [0.1, 0.15) is 10.1 Å². The smallest absolute Gasteiger partial charge is 0.341 e. The highest BCUT2D eigenvalue weighted by atomic mass is 32.2. The number of benzene rings is 1. The number of ether oxygens (including phenoxy) is 1. The summed E-state index contributed by atoms with van der Waals surface area (Å²) in [5, 5.41) is 8.67. The lowest BCUT2D eigenvalue weighted by atomic mass is 10.2. The van der Waals surface area contributed by atoms with Crippen LogP contribution in [0.2, 0.25) is 0 Å². The summed E-state index contributed by atoms with van der Waals surface area (Å²) < 4.78 is 5.74. The fourth-order valence-electron chi connectivity index (χ4n) is 1.78. The number of nitrogens with zero attached hydrogens (tertiary/aromatic N) is 1. The number of carboxylic acids is 1. The number of hydrogen-bond acceptors (Lipinski definition) is 5. The van der Waals surface area contributed by atoms with Crippen LogP contribution in [0.15, 0.2) is 29.2 Å². The number of carboxylic acid groups (broad SMARTS) is 1. The topological polar surface area (TPSA) is 66.8 Å².